The van der Waals surface area contributed by atoms with Gasteiger partial charge in [0.25, 0.3) is 0 Å². The molecule has 0 saturated carbocycles. The van der Waals surface area contributed by atoms with Crippen molar-refractivity contribution < 1.29 is 9.59 Å². The normalized spacial score (nSPS) is 14.5. The predicted molar refractivity (Wildman–Crippen MR) is 72.9 cm³/mol. The summed E-state index contributed by atoms with van der Waals surface area (Å²) in [6.45, 7) is 7.81. The summed E-state index contributed by atoms with van der Waals surface area (Å²) in [6, 6.07) is -1.06. The summed E-state index contributed by atoms with van der Waals surface area (Å²) in [7, 11) is 3.37. The minimum atomic E-state index is -0.574. The van der Waals surface area contributed by atoms with Crippen molar-refractivity contribution in [1.82, 2.24) is 10.2 Å². The summed E-state index contributed by atoms with van der Waals surface area (Å²) >= 11 is 0. The average Bonchev–Trinajstić information content (AvgIpc) is 2.24. The number of nitrogens with one attached hydrogen (secondary N) is 1. The fraction of sp³-hybridized carbons (Fsp3) is 0.846. The number of likely N-dealkylation sites (N-methyl/N-ethyl adjacent to an activating group) is 1. The maximum Gasteiger partial charge on any atom is 0.244 e. The molecule has 0 aromatic carbocycles. The first-order chi connectivity index (χ1) is 8.16. The molecule has 0 bridgehead atoms. The van der Waals surface area contributed by atoms with Gasteiger partial charge in [-0.1, -0.05) is 27.7 Å². The predicted octanol–water partition coefficient (Wildman–Crippen LogP) is 0.589. The van der Waals surface area contributed by atoms with Crippen LogP contribution in [0.15, 0.2) is 0 Å². The second kappa shape index (κ2) is 7.36. The van der Waals surface area contributed by atoms with Crippen molar-refractivity contribution in [3.63, 3.8) is 0 Å². The molecule has 0 aliphatic carbocycles. The molecule has 5 heteroatoms. The standard InChI is InChI=1S/C13H27N3O2/c1-8(2)7-10(13(18)16(5)6)15-12(17)11(14)9(3)4/h8-11H,7,14H2,1-6H3,(H,15,17)/t10?,11-/m0/s1. The molecule has 0 fully saturated rings. The van der Waals surface area contributed by atoms with Gasteiger partial charge in [0.2, 0.25) is 11.8 Å². The molecule has 106 valence electrons. The molecule has 0 aliphatic heterocycles. The van der Waals surface area contributed by atoms with Crippen LogP contribution in [0.4, 0.5) is 0 Å². The van der Waals surface area contributed by atoms with Crippen LogP contribution < -0.4 is 11.1 Å². The Labute approximate surface area is 110 Å². The van der Waals surface area contributed by atoms with Gasteiger partial charge >= 0.3 is 0 Å². The first kappa shape index (κ1) is 16.9. The fourth-order valence-electron chi connectivity index (χ4n) is 1.58. The lowest BCUT2D eigenvalue weighted by atomic mass is 10.0. The number of nitrogens with two attached hydrogens (primary N) is 1. The maximum atomic E-state index is 12.0. The summed E-state index contributed by atoms with van der Waals surface area (Å²) in [5, 5.41) is 2.76. The van der Waals surface area contributed by atoms with Crippen LogP contribution in [0.25, 0.3) is 0 Å². The number of hydrogen-bond acceptors (Lipinski definition) is 3. The Bertz CT molecular complexity index is 288. The minimum Gasteiger partial charge on any atom is -0.347 e. The SMILES string of the molecule is CC(C)CC(NC(=O)[C@@H](N)C(C)C)C(=O)N(C)C. The zero-order chi connectivity index (χ0) is 14.5. The van der Waals surface area contributed by atoms with Gasteiger partial charge < -0.3 is 16.0 Å². The van der Waals surface area contributed by atoms with Crippen LogP contribution in [0.1, 0.15) is 34.1 Å². The number of carbonyl (C=O) groups is 2. The van der Waals surface area contributed by atoms with Crippen LogP contribution in [-0.2, 0) is 9.59 Å². The van der Waals surface area contributed by atoms with Gasteiger partial charge in [0.1, 0.15) is 6.04 Å². The highest BCUT2D eigenvalue weighted by atomic mass is 16.2. The summed E-state index contributed by atoms with van der Waals surface area (Å²) in [5.74, 6) is 0.0347. The van der Waals surface area contributed by atoms with Crippen molar-refractivity contribution >= 4 is 11.8 Å². The molecule has 0 aromatic rings. The van der Waals surface area contributed by atoms with E-state index in [1.165, 1.54) is 4.90 Å². The fourth-order valence-corrected chi connectivity index (χ4v) is 1.58. The number of hydrogen-bond donors (Lipinski definition) is 2. The van der Waals surface area contributed by atoms with E-state index in [-0.39, 0.29) is 17.7 Å². The third-order valence-corrected chi connectivity index (χ3v) is 2.78. The Morgan fingerprint density at radius 1 is 1.17 bits per heavy atom. The summed E-state index contributed by atoms with van der Waals surface area (Å²) < 4.78 is 0. The van der Waals surface area contributed by atoms with E-state index in [9.17, 15) is 9.59 Å². The zero-order valence-electron chi connectivity index (χ0n) is 12.4. The first-order valence-electron chi connectivity index (χ1n) is 6.43. The molecule has 1 unspecified atom stereocenters. The van der Waals surface area contributed by atoms with Gasteiger partial charge in [0.15, 0.2) is 0 Å². The van der Waals surface area contributed by atoms with Gasteiger partial charge in [0.05, 0.1) is 6.04 Å². The van der Waals surface area contributed by atoms with Gasteiger partial charge in [-0.15, -0.1) is 0 Å². The first-order valence-corrected chi connectivity index (χ1v) is 6.43. The summed E-state index contributed by atoms with van der Waals surface area (Å²) in [6.07, 6.45) is 0.619. The largest absolute Gasteiger partial charge is 0.347 e. The number of carbonyl (C=O) groups excluding carboxylic acids is 2. The monoisotopic (exact) mass is 257 g/mol. The smallest absolute Gasteiger partial charge is 0.244 e. The molecule has 2 atom stereocenters. The molecule has 0 spiro atoms. The zero-order valence-corrected chi connectivity index (χ0v) is 12.4. The van der Waals surface area contributed by atoms with E-state index in [1.54, 1.807) is 14.1 Å². The Kier molecular flexibility index (Phi) is 6.91. The van der Waals surface area contributed by atoms with Crippen molar-refractivity contribution in [3.8, 4) is 0 Å². The maximum absolute atomic E-state index is 12.0. The van der Waals surface area contributed by atoms with Crippen LogP contribution in [0.2, 0.25) is 0 Å². The topological polar surface area (TPSA) is 75.4 Å². The lowest BCUT2D eigenvalue weighted by molar-refractivity contribution is -0.135. The molecule has 0 aromatic heterocycles. The van der Waals surface area contributed by atoms with Crippen LogP contribution in [0.5, 0.6) is 0 Å². The Morgan fingerprint density at radius 3 is 2.00 bits per heavy atom. The Morgan fingerprint density at radius 2 is 1.67 bits per heavy atom. The van der Waals surface area contributed by atoms with Crippen LogP contribution in [0.3, 0.4) is 0 Å². The lowest BCUT2D eigenvalue weighted by Crippen LogP contribution is -2.53. The highest BCUT2D eigenvalue weighted by Crippen LogP contribution is 2.08. The van der Waals surface area contributed by atoms with Crippen molar-refractivity contribution in [2.45, 2.75) is 46.2 Å². The molecule has 0 aliphatic rings. The van der Waals surface area contributed by atoms with Gasteiger partial charge in [-0.25, -0.2) is 0 Å². The molecule has 3 N–H and O–H groups in total. The molecule has 0 rings (SSSR count). The Balaban J connectivity index is 4.69. The second-order valence-electron chi connectivity index (χ2n) is 5.69. The van der Waals surface area contributed by atoms with Crippen molar-refractivity contribution in [1.29, 1.82) is 0 Å². The van der Waals surface area contributed by atoms with Crippen molar-refractivity contribution in [2.75, 3.05) is 14.1 Å². The van der Waals surface area contributed by atoms with Gasteiger partial charge in [-0.2, -0.15) is 0 Å². The number of nitrogens with zero attached hydrogens (tertiary/aromatic N) is 1. The highest BCUT2D eigenvalue weighted by Gasteiger charge is 2.26. The molecule has 5 nitrogen and oxygen atoms in total. The van der Waals surface area contributed by atoms with Gasteiger partial charge in [-0.05, 0) is 18.3 Å². The van der Waals surface area contributed by atoms with E-state index in [0.717, 1.165) is 0 Å². The number of amides is 2. The van der Waals surface area contributed by atoms with Crippen LogP contribution in [0, 0.1) is 11.8 Å². The third-order valence-electron chi connectivity index (χ3n) is 2.78. The molecule has 18 heavy (non-hydrogen) atoms. The lowest BCUT2D eigenvalue weighted by Gasteiger charge is -2.25. The average molecular weight is 257 g/mol. The van der Waals surface area contributed by atoms with Crippen molar-refractivity contribution in [3.05, 3.63) is 0 Å². The molecule has 0 heterocycles. The summed E-state index contributed by atoms with van der Waals surface area (Å²) in [4.78, 5) is 25.4. The van der Waals surface area contributed by atoms with E-state index in [0.29, 0.717) is 12.3 Å². The van der Waals surface area contributed by atoms with Gasteiger partial charge in [-0.3, -0.25) is 9.59 Å². The van der Waals surface area contributed by atoms with Crippen LogP contribution in [-0.4, -0.2) is 42.9 Å². The Hall–Kier alpha value is -1.10. The number of rotatable bonds is 6. The highest BCUT2D eigenvalue weighted by molar-refractivity contribution is 5.89. The molecular formula is C13H27N3O2. The summed E-state index contributed by atoms with van der Waals surface area (Å²) in [5.41, 5.74) is 5.78. The molecular weight excluding hydrogens is 230 g/mol. The third kappa shape index (κ3) is 5.49. The van der Waals surface area contributed by atoms with E-state index >= 15 is 0 Å². The van der Waals surface area contributed by atoms with E-state index < -0.39 is 12.1 Å². The molecule has 0 radical (unpaired) electrons. The second-order valence-corrected chi connectivity index (χ2v) is 5.69. The van der Waals surface area contributed by atoms with E-state index in [4.69, 9.17) is 5.73 Å². The van der Waals surface area contributed by atoms with E-state index in [2.05, 4.69) is 5.32 Å². The quantitative estimate of drug-likeness (QED) is 0.731. The molecule has 0 saturated heterocycles. The van der Waals surface area contributed by atoms with Crippen molar-refractivity contribution in [2.24, 2.45) is 17.6 Å². The van der Waals surface area contributed by atoms with E-state index in [1.807, 2.05) is 27.7 Å². The molecule has 2 amide bonds. The van der Waals surface area contributed by atoms with Crippen LogP contribution >= 0.6 is 0 Å². The minimum absolute atomic E-state index is 0.0548. The van der Waals surface area contributed by atoms with Gasteiger partial charge in [0, 0.05) is 14.1 Å².